The number of alkyl halides is 5. The summed E-state index contributed by atoms with van der Waals surface area (Å²) >= 11 is 0. The van der Waals surface area contributed by atoms with Gasteiger partial charge in [0.25, 0.3) is 0 Å². The van der Waals surface area contributed by atoms with Gasteiger partial charge in [0.15, 0.2) is 6.29 Å². The molecule has 3 nitrogen and oxygen atoms in total. The molecule has 0 radical (unpaired) electrons. The summed E-state index contributed by atoms with van der Waals surface area (Å²) in [6.07, 6.45) is -3.88. The van der Waals surface area contributed by atoms with E-state index in [0.29, 0.717) is 48.5 Å². The first kappa shape index (κ1) is 33.3. The Labute approximate surface area is 258 Å². The van der Waals surface area contributed by atoms with E-state index in [0.717, 1.165) is 17.5 Å². The van der Waals surface area contributed by atoms with Crippen molar-refractivity contribution in [3.8, 4) is 16.9 Å². The average molecular weight is 639 g/mol. The topological polar surface area (TPSA) is 27.7 Å². The maximum Gasteiger partial charge on any atom is 0.419 e. The van der Waals surface area contributed by atoms with Crippen LogP contribution in [0, 0.1) is 23.5 Å². The number of rotatable bonds is 10. The van der Waals surface area contributed by atoms with Gasteiger partial charge in [-0.05, 0) is 72.9 Å². The van der Waals surface area contributed by atoms with Crippen molar-refractivity contribution >= 4 is 0 Å². The lowest BCUT2D eigenvalue weighted by atomic mass is 9.77. The summed E-state index contributed by atoms with van der Waals surface area (Å²) in [6.45, 7) is 3.50. The van der Waals surface area contributed by atoms with Crippen LogP contribution >= 0.6 is 0 Å². The summed E-state index contributed by atoms with van der Waals surface area (Å²) in [7, 11) is 0. The van der Waals surface area contributed by atoms with E-state index in [2.05, 4.69) is 11.7 Å². The first-order chi connectivity index (χ1) is 21.4. The molecule has 45 heavy (non-hydrogen) atoms. The maximum absolute atomic E-state index is 15.3. The minimum Gasteiger partial charge on any atom is -0.432 e. The molecule has 2 aliphatic rings. The number of hydrogen-bond acceptors (Lipinski definition) is 3. The van der Waals surface area contributed by atoms with Gasteiger partial charge in [-0.1, -0.05) is 62.6 Å². The molecule has 0 spiro atoms. The van der Waals surface area contributed by atoms with E-state index >= 15 is 4.39 Å². The van der Waals surface area contributed by atoms with Gasteiger partial charge in [-0.15, -0.1) is 0 Å². The van der Waals surface area contributed by atoms with Gasteiger partial charge in [-0.2, -0.15) is 22.0 Å². The summed E-state index contributed by atoms with van der Waals surface area (Å²) in [4.78, 5) is 0. The van der Waals surface area contributed by atoms with Crippen molar-refractivity contribution in [3.63, 3.8) is 0 Å². The molecular weight excluding hydrogens is 601 g/mol. The molecule has 0 amide bonds. The molecule has 2 fully saturated rings. The summed E-state index contributed by atoms with van der Waals surface area (Å²) in [5.41, 5.74) is 1.28. The second kappa shape index (κ2) is 14.1. The monoisotopic (exact) mass is 638 g/mol. The normalized spacial score (nSPS) is 22.8. The molecule has 1 aliphatic carbocycles. The molecule has 0 aromatic heterocycles. The third-order valence-electron chi connectivity index (χ3n) is 8.84. The summed E-state index contributed by atoms with van der Waals surface area (Å²) in [5.74, 6) is -3.91. The molecule has 0 bridgehead atoms. The van der Waals surface area contributed by atoms with Crippen molar-refractivity contribution in [2.45, 2.75) is 82.8 Å². The van der Waals surface area contributed by atoms with Crippen LogP contribution in [0.2, 0.25) is 0 Å². The van der Waals surface area contributed by atoms with Crippen molar-refractivity contribution < 1.29 is 44.9 Å². The Morgan fingerprint density at radius 1 is 0.756 bits per heavy atom. The molecule has 1 saturated heterocycles. The van der Waals surface area contributed by atoms with Crippen LogP contribution < -0.4 is 4.74 Å². The van der Waals surface area contributed by atoms with Crippen molar-refractivity contribution in [2.24, 2.45) is 11.8 Å². The fourth-order valence-electron chi connectivity index (χ4n) is 6.23. The lowest BCUT2D eigenvalue weighted by molar-refractivity contribution is -0.222. The molecule has 1 aliphatic heterocycles. The predicted molar refractivity (Wildman–Crippen MR) is 156 cm³/mol. The highest BCUT2D eigenvalue weighted by Crippen LogP contribution is 2.44. The van der Waals surface area contributed by atoms with E-state index in [1.807, 2.05) is 30.3 Å². The van der Waals surface area contributed by atoms with Gasteiger partial charge in [-0.3, -0.25) is 0 Å². The van der Waals surface area contributed by atoms with Crippen LogP contribution in [0.25, 0.3) is 11.1 Å². The van der Waals surface area contributed by atoms with Crippen LogP contribution in [0.5, 0.6) is 5.75 Å². The molecule has 244 valence electrons. The van der Waals surface area contributed by atoms with E-state index in [1.54, 1.807) is 6.07 Å². The Bertz CT molecular complexity index is 1410. The van der Waals surface area contributed by atoms with Crippen LogP contribution in [0.3, 0.4) is 0 Å². The van der Waals surface area contributed by atoms with Gasteiger partial charge in [-0.25, -0.2) is 8.78 Å². The number of unbranched alkanes of at least 4 members (excludes halogenated alkanes) is 2. The molecule has 3 aromatic carbocycles. The number of benzene rings is 3. The van der Waals surface area contributed by atoms with E-state index in [4.69, 9.17) is 9.47 Å². The van der Waals surface area contributed by atoms with Crippen molar-refractivity contribution in [1.82, 2.24) is 0 Å². The first-order valence-electron chi connectivity index (χ1n) is 15.5. The minimum absolute atomic E-state index is 0.00817. The molecule has 0 atom stereocenters. The standard InChI is InChI=1S/C35H37F7O3/c1-2-3-4-5-22-20-43-33(44-21-22)25-8-6-23(7-9-25)26-12-16-29(31(36)18-26)24-10-13-27(14-11-24)35(41,42)45-28-15-17-30(32(37)19-28)34(38,39)40/h6-9,12,15-19,22,24,27,33H,2-5,10-11,13-14,20-21H2,1H3. The molecule has 5 rings (SSSR count). The summed E-state index contributed by atoms with van der Waals surface area (Å²) in [5, 5.41) is 0. The lowest BCUT2D eigenvalue weighted by Crippen LogP contribution is -2.37. The number of hydrogen-bond donors (Lipinski definition) is 0. The van der Waals surface area contributed by atoms with Crippen LogP contribution in [-0.4, -0.2) is 19.3 Å². The summed E-state index contributed by atoms with van der Waals surface area (Å²) in [6, 6.07) is 13.9. The van der Waals surface area contributed by atoms with E-state index in [1.165, 1.54) is 25.3 Å². The Kier molecular flexibility index (Phi) is 10.4. The van der Waals surface area contributed by atoms with Crippen molar-refractivity contribution in [1.29, 1.82) is 0 Å². The van der Waals surface area contributed by atoms with Gasteiger partial charge in [0, 0.05) is 17.5 Å². The first-order valence-corrected chi connectivity index (χ1v) is 15.5. The zero-order valence-electron chi connectivity index (χ0n) is 25.0. The zero-order chi connectivity index (χ0) is 32.2. The Morgan fingerprint density at radius 3 is 2.02 bits per heavy atom. The molecular formula is C35H37F7O3. The van der Waals surface area contributed by atoms with Gasteiger partial charge < -0.3 is 14.2 Å². The Hall–Kier alpha value is -3.11. The summed E-state index contributed by atoms with van der Waals surface area (Å²) < 4.78 is 114. The minimum atomic E-state index is -4.95. The SMILES string of the molecule is CCCCCC1COC(c2ccc(-c3ccc(C4CCC(C(F)(F)Oc5ccc(C(F)(F)F)c(F)c5)CC4)c(F)c3)cc2)OC1. The number of halogens is 7. The molecule has 3 aromatic rings. The van der Waals surface area contributed by atoms with E-state index in [9.17, 15) is 26.3 Å². The third kappa shape index (κ3) is 8.19. The predicted octanol–water partition coefficient (Wildman–Crippen LogP) is 10.8. The largest absolute Gasteiger partial charge is 0.432 e. The Morgan fingerprint density at radius 2 is 1.42 bits per heavy atom. The number of ether oxygens (including phenoxy) is 3. The van der Waals surface area contributed by atoms with E-state index in [-0.39, 0.29) is 31.6 Å². The molecule has 0 N–H and O–H groups in total. The van der Waals surface area contributed by atoms with E-state index < -0.39 is 47.4 Å². The molecule has 1 heterocycles. The highest BCUT2D eigenvalue weighted by molar-refractivity contribution is 5.64. The lowest BCUT2D eigenvalue weighted by Gasteiger charge is -2.33. The quantitative estimate of drug-likeness (QED) is 0.163. The fraction of sp³-hybridized carbons (Fsp3) is 0.486. The maximum atomic E-state index is 15.3. The molecule has 10 heteroatoms. The zero-order valence-corrected chi connectivity index (χ0v) is 25.0. The highest BCUT2D eigenvalue weighted by Gasteiger charge is 2.45. The Balaban J connectivity index is 1.15. The van der Waals surface area contributed by atoms with Gasteiger partial charge in [0.05, 0.1) is 24.7 Å². The second-order valence-electron chi connectivity index (χ2n) is 12.1. The second-order valence-corrected chi connectivity index (χ2v) is 12.1. The van der Waals surface area contributed by atoms with Gasteiger partial charge in [0.1, 0.15) is 17.4 Å². The van der Waals surface area contributed by atoms with Crippen LogP contribution in [0.1, 0.15) is 87.2 Å². The van der Waals surface area contributed by atoms with Gasteiger partial charge in [0.2, 0.25) is 0 Å². The van der Waals surface area contributed by atoms with Crippen LogP contribution in [0.15, 0.2) is 60.7 Å². The van der Waals surface area contributed by atoms with Crippen molar-refractivity contribution in [3.05, 3.63) is 89.0 Å². The van der Waals surface area contributed by atoms with Crippen LogP contribution in [0.4, 0.5) is 30.7 Å². The van der Waals surface area contributed by atoms with Crippen LogP contribution in [-0.2, 0) is 15.7 Å². The van der Waals surface area contributed by atoms with Gasteiger partial charge >= 0.3 is 12.3 Å². The average Bonchev–Trinajstić information content (AvgIpc) is 3.01. The third-order valence-corrected chi connectivity index (χ3v) is 8.84. The fourth-order valence-corrected chi connectivity index (χ4v) is 6.23. The smallest absolute Gasteiger partial charge is 0.419 e. The highest BCUT2D eigenvalue weighted by atomic mass is 19.4. The van der Waals surface area contributed by atoms with Crippen molar-refractivity contribution in [2.75, 3.05) is 13.2 Å². The molecule has 1 saturated carbocycles. The molecule has 0 unspecified atom stereocenters.